The molecule has 1 aliphatic heterocycles. The van der Waals surface area contributed by atoms with Crippen LogP contribution in [-0.2, 0) is 20.9 Å². The Morgan fingerprint density at radius 3 is 2.85 bits per heavy atom. The molecule has 2 unspecified atom stereocenters. The van der Waals surface area contributed by atoms with Crippen LogP contribution >= 0.6 is 0 Å². The van der Waals surface area contributed by atoms with E-state index in [1.54, 1.807) is 11.6 Å². The van der Waals surface area contributed by atoms with Gasteiger partial charge in [-0.05, 0) is 49.8 Å². The first kappa shape index (κ1) is 19.3. The number of allylic oxidation sites excluding steroid dienone is 1. The van der Waals surface area contributed by atoms with E-state index in [-0.39, 0.29) is 12.2 Å². The van der Waals surface area contributed by atoms with Gasteiger partial charge >= 0.3 is 0 Å². The number of hydrogen-bond acceptors (Lipinski definition) is 5. The van der Waals surface area contributed by atoms with Gasteiger partial charge < -0.3 is 15.2 Å². The third-order valence-electron chi connectivity index (χ3n) is 4.67. The molecule has 2 heterocycles. The van der Waals surface area contributed by atoms with Crippen LogP contribution in [0.4, 0.5) is 0 Å². The van der Waals surface area contributed by atoms with Crippen molar-refractivity contribution in [3.8, 4) is 5.69 Å². The average Bonchev–Trinajstić information content (AvgIpc) is 3.16. The Labute approximate surface area is 159 Å². The lowest BCUT2D eigenvalue weighted by atomic mass is 9.98. The summed E-state index contributed by atoms with van der Waals surface area (Å²) in [7, 11) is 0. The van der Waals surface area contributed by atoms with Gasteiger partial charge in [-0.3, -0.25) is 4.79 Å². The van der Waals surface area contributed by atoms with Crippen molar-refractivity contribution in [2.24, 2.45) is 5.73 Å². The molecule has 1 aliphatic rings. The van der Waals surface area contributed by atoms with Gasteiger partial charge in [-0.25, -0.2) is 4.68 Å². The maximum Gasteiger partial charge on any atom is 0.244 e. The van der Waals surface area contributed by atoms with E-state index < -0.39 is 5.91 Å². The molecule has 1 amide bonds. The molecular formula is C20H26N4O3. The highest BCUT2D eigenvalue weighted by Gasteiger charge is 2.15. The van der Waals surface area contributed by atoms with E-state index >= 15 is 0 Å². The SMILES string of the molecule is CC(=CC(C)c1ccc(-n2cc(COC3CCCCO3)nn2)cc1)C(N)=O. The number of aromatic nitrogens is 3. The van der Waals surface area contributed by atoms with Gasteiger partial charge in [0.25, 0.3) is 0 Å². The Kier molecular flexibility index (Phi) is 6.36. The third-order valence-corrected chi connectivity index (χ3v) is 4.67. The molecule has 0 saturated carbocycles. The number of benzene rings is 1. The van der Waals surface area contributed by atoms with E-state index in [0.717, 1.165) is 42.8 Å². The molecule has 0 spiro atoms. The van der Waals surface area contributed by atoms with E-state index in [4.69, 9.17) is 15.2 Å². The van der Waals surface area contributed by atoms with Crippen LogP contribution in [-0.4, -0.2) is 33.8 Å². The largest absolute Gasteiger partial charge is 0.366 e. The highest BCUT2D eigenvalue weighted by atomic mass is 16.7. The van der Waals surface area contributed by atoms with Gasteiger partial charge in [0, 0.05) is 12.2 Å². The summed E-state index contributed by atoms with van der Waals surface area (Å²) in [5.41, 5.74) is 8.63. The van der Waals surface area contributed by atoms with Gasteiger partial charge in [-0.15, -0.1) is 5.10 Å². The van der Waals surface area contributed by atoms with Crippen molar-refractivity contribution in [3.63, 3.8) is 0 Å². The summed E-state index contributed by atoms with van der Waals surface area (Å²) in [6, 6.07) is 7.97. The van der Waals surface area contributed by atoms with E-state index in [9.17, 15) is 4.79 Å². The lowest BCUT2D eigenvalue weighted by molar-refractivity contribution is -0.169. The zero-order chi connectivity index (χ0) is 19.2. The average molecular weight is 370 g/mol. The van der Waals surface area contributed by atoms with Gasteiger partial charge in [-0.2, -0.15) is 0 Å². The number of nitrogens with zero attached hydrogens (tertiary/aromatic N) is 3. The van der Waals surface area contributed by atoms with Crippen molar-refractivity contribution in [1.29, 1.82) is 0 Å². The van der Waals surface area contributed by atoms with Crippen molar-refractivity contribution < 1.29 is 14.3 Å². The highest BCUT2D eigenvalue weighted by molar-refractivity contribution is 5.91. The van der Waals surface area contributed by atoms with Crippen LogP contribution in [0.1, 0.15) is 50.3 Å². The molecule has 1 saturated heterocycles. The summed E-state index contributed by atoms with van der Waals surface area (Å²) in [6.07, 6.45) is 6.76. The van der Waals surface area contributed by atoms with Crippen molar-refractivity contribution in [2.75, 3.05) is 6.61 Å². The molecule has 0 radical (unpaired) electrons. The second-order valence-electron chi connectivity index (χ2n) is 6.86. The fourth-order valence-electron chi connectivity index (χ4n) is 3.00. The minimum atomic E-state index is -0.394. The van der Waals surface area contributed by atoms with Gasteiger partial charge in [0.05, 0.1) is 18.5 Å². The molecule has 144 valence electrons. The van der Waals surface area contributed by atoms with Crippen LogP contribution in [0.25, 0.3) is 5.69 Å². The Bertz CT molecular complexity index is 792. The number of carbonyl (C=O) groups excluding carboxylic acids is 1. The number of rotatable bonds is 7. The van der Waals surface area contributed by atoms with Crippen molar-refractivity contribution in [1.82, 2.24) is 15.0 Å². The Hall–Kier alpha value is -2.51. The summed E-state index contributed by atoms with van der Waals surface area (Å²) in [6.45, 7) is 4.90. The minimum Gasteiger partial charge on any atom is -0.366 e. The van der Waals surface area contributed by atoms with Crippen LogP contribution in [0, 0.1) is 0 Å². The second-order valence-corrected chi connectivity index (χ2v) is 6.86. The third kappa shape index (κ3) is 5.24. The number of ether oxygens (including phenoxy) is 2. The number of hydrogen-bond donors (Lipinski definition) is 1. The molecule has 3 rings (SSSR count). The molecular weight excluding hydrogens is 344 g/mol. The predicted octanol–water partition coefficient (Wildman–Crippen LogP) is 2.85. The number of amides is 1. The zero-order valence-corrected chi connectivity index (χ0v) is 15.8. The predicted molar refractivity (Wildman–Crippen MR) is 101 cm³/mol. The molecule has 1 aromatic carbocycles. The molecule has 1 fully saturated rings. The van der Waals surface area contributed by atoms with Crippen molar-refractivity contribution >= 4 is 5.91 Å². The van der Waals surface area contributed by atoms with E-state index in [1.165, 1.54) is 0 Å². The maximum absolute atomic E-state index is 11.2. The van der Waals surface area contributed by atoms with Gasteiger partial charge in [-0.1, -0.05) is 30.3 Å². The van der Waals surface area contributed by atoms with Crippen molar-refractivity contribution in [2.45, 2.75) is 51.9 Å². The Morgan fingerprint density at radius 2 is 2.19 bits per heavy atom. The van der Waals surface area contributed by atoms with E-state index in [2.05, 4.69) is 10.3 Å². The Balaban J connectivity index is 1.61. The van der Waals surface area contributed by atoms with Crippen LogP contribution in [0.3, 0.4) is 0 Å². The number of primary amides is 1. The van der Waals surface area contributed by atoms with Crippen LogP contribution in [0.5, 0.6) is 0 Å². The molecule has 7 nitrogen and oxygen atoms in total. The molecule has 0 bridgehead atoms. The molecule has 2 atom stereocenters. The van der Waals surface area contributed by atoms with Gasteiger partial charge in [0.1, 0.15) is 5.69 Å². The number of carbonyl (C=O) groups is 1. The first-order chi connectivity index (χ1) is 13.0. The fourth-order valence-corrected chi connectivity index (χ4v) is 3.00. The summed E-state index contributed by atoms with van der Waals surface area (Å²) in [5, 5.41) is 8.33. The Morgan fingerprint density at radius 1 is 1.41 bits per heavy atom. The molecule has 27 heavy (non-hydrogen) atoms. The molecule has 7 heteroatoms. The summed E-state index contributed by atoms with van der Waals surface area (Å²) in [5.74, 6) is -0.295. The normalized spacial score (nSPS) is 19.0. The number of nitrogens with two attached hydrogens (primary N) is 1. The fraction of sp³-hybridized carbons (Fsp3) is 0.450. The first-order valence-electron chi connectivity index (χ1n) is 9.26. The highest BCUT2D eigenvalue weighted by Crippen LogP contribution is 2.20. The quantitative estimate of drug-likeness (QED) is 0.757. The van der Waals surface area contributed by atoms with E-state index in [1.807, 2.05) is 43.5 Å². The maximum atomic E-state index is 11.2. The lowest BCUT2D eigenvalue weighted by Crippen LogP contribution is -2.22. The standard InChI is InChI=1S/C20H26N4O3/c1-14(11-15(2)20(21)25)16-6-8-18(9-7-16)24-12-17(22-23-24)13-27-19-5-3-4-10-26-19/h6-9,11-12,14,19H,3-5,10,13H2,1-2H3,(H2,21,25). The molecule has 1 aromatic heterocycles. The molecule has 2 aromatic rings. The van der Waals surface area contributed by atoms with E-state index in [0.29, 0.717) is 12.2 Å². The van der Waals surface area contributed by atoms with Crippen molar-refractivity contribution in [3.05, 3.63) is 53.4 Å². The monoisotopic (exact) mass is 370 g/mol. The molecule has 0 aliphatic carbocycles. The lowest BCUT2D eigenvalue weighted by Gasteiger charge is -2.22. The second kappa shape index (κ2) is 8.92. The minimum absolute atomic E-state index is 0.0988. The van der Waals surface area contributed by atoms with Gasteiger partial charge in [0.2, 0.25) is 5.91 Å². The smallest absolute Gasteiger partial charge is 0.244 e. The summed E-state index contributed by atoms with van der Waals surface area (Å²) < 4.78 is 13.0. The summed E-state index contributed by atoms with van der Waals surface area (Å²) >= 11 is 0. The summed E-state index contributed by atoms with van der Waals surface area (Å²) in [4.78, 5) is 11.2. The zero-order valence-electron chi connectivity index (χ0n) is 15.8. The van der Waals surface area contributed by atoms with Gasteiger partial charge in [0.15, 0.2) is 6.29 Å². The molecule has 2 N–H and O–H groups in total. The first-order valence-corrected chi connectivity index (χ1v) is 9.26. The van der Waals surface area contributed by atoms with Crippen LogP contribution in [0.2, 0.25) is 0 Å². The topological polar surface area (TPSA) is 92.3 Å². The van der Waals surface area contributed by atoms with Crippen LogP contribution < -0.4 is 5.73 Å². The van der Waals surface area contributed by atoms with Crippen LogP contribution in [0.15, 0.2) is 42.1 Å².